The second-order valence-corrected chi connectivity index (χ2v) is 6.59. The van der Waals surface area contributed by atoms with E-state index in [2.05, 4.69) is 56.2 Å². The summed E-state index contributed by atoms with van der Waals surface area (Å²) in [6.07, 6.45) is 0.837. The van der Waals surface area contributed by atoms with Crippen LogP contribution in [0.25, 0.3) is 0 Å². The Bertz CT molecular complexity index is 573. The summed E-state index contributed by atoms with van der Waals surface area (Å²) >= 11 is 0. The van der Waals surface area contributed by atoms with Crippen molar-refractivity contribution in [2.45, 2.75) is 45.6 Å². The third-order valence-electron chi connectivity index (χ3n) is 3.69. The summed E-state index contributed by atoms with van der Waals surface area (Å²) in [5.41, 5.74) is 11.2. The number of nitrogens with zero attached hydrogens (tertiary/aromatic N) is 2. The lowest BCUT2D eigenvalue weighted by molar-refractivity contribution is 0.588. The van der Waals surface area contributed by atoms with Crippen LogP contribution in [0.3, 0.4) is 0 Å². The van der Waals surface area contributed by atoms with Gasteiger partial charge in [-0.2, -0.15) is 5.10 Å². The topological polar surface area (TPSA) is 43.8 Å². The lowest BCUT2D eigenvalue weighted by Gasteiger charge is -2.19. The minimum absolute atomic E-state index is 0.0123. The molecule has 1 atom stereocenters. The first kappa shape index (κ1) is 14.8. The van der Waals surface area contributed by atoms with Crippen LogP contribution in [0.15, 0.2) is 30.3 Å². The molecule has 108 valence electrons. The van der Waals surface area contributed by atoms with Gasteiger partial charge >= 0.3 is 0 Å². The van der Waals surface area contributed by atoms with E-state index in [4.69, 9.17) is 5.73 Å². The van der Waals surface area contributed by atoms with Crippen LogP contribution in [0.1, 0.15) is 49.3 Å². The van der Waals surface area contributed by atoms with Gasteiger partial charge in [-0.25, -0.2) is 0 Å². The van der Waals surface area contributed by atoms with E-state index >= 15 is 0 Å². The van der Waals surface area contributed by atoms with Crippen molar-refractivity contribution >= 4 is 0 Å². The minimum Gasteiger partial charge on any atom is -0.322 e. The molecule has 1 aromatic carbocycles. The quantitative estimate of drug-likeness (QED) is 0.931. The standard InChI is InChI=1S/C17H25N3/c1-12-10-16(20(5)19-12)15(18)11-13-6-8-14(9-7-13)17(2,3)4/h6-10,15H,11,18H2,1-5H3. The molecule has 1 aromatic heterocycles. The molecule has 2 N–H and O–H groups in total. The highest BCUT2D eigenvalue weighted by atomic mass is 15.3. The molecule has 0 aliphatic heterocycles. The average Bonchev–Trinajstić information content (AvgIpc) is 2.68. The smallest absolute Gasteiger partial charge is 0.0597 e. The number of nitrogens with two attached hydrogens (primary N) is 1. The van der Waals surface area contributed by atoms with Gasteiger partial charge in [0.15, 0.2) is 0 Å². The van der Waals surface area contributed by atoms with Crippen LogP contribution in [0.4, 0.5) is 0 Å². The van der Waals surface area contributed by atoms with Gasteiger partial charge in [-0.1, -0.05) is 45.0 Å². The van der Waals surface area contributed by atoms with Gasteiger partial charge in [0.05, 0.1) is 17.4 Å². The molecule has 2 aromatic rings. The number of benzene rings is 1. The number of aryl methyl sites for hydroxylation is 2. The van der Waals surface area contributed by atoms with E-state index < -0.39 is 0 Å². The van der Waals surface area contributed by atoms with E-state index in [9.17, 15) is 0 Å². The fraction of sp³-hybridized carbons (Fsp3) is 0.471. The monoisotopic (exact) mass is 271 g/mol. The van der Waals surface area contributed by atoms with Gasteiger partial charge in [0.2, 0.25) is 0 Å². The highest BCUT2D eigenvalue weighted by Crippen LogP contribution is 2.23. The summed E-state index contributed by atoms with van der Waals surface area (Å²) in [5.74, 6) is 0. The van der Waals surface area contributed by atoms with Gasteiger partial charge in [0, 0.05) is 7.05 Å². The predicted octanol–water partition coefficient (Wildman–Crippen LogP) is 3.27. The van der Waals surface area contributed by atoms with E-state index in [1.54, 1.807) is 0 Å². The molecule has 0 amide bonds. The van der Waals surface area contributed by atoms with Gasteiger partial charge in [0.1, 0.15) is 0 Å². The van der Waals surface area contributed by atoms with Crippen LogP contribution in [0, 0.1) is 6.92 Å². The summed E-state index contributed by atoms with van der Waals surface area (Å²) < 4.78 is 1.88. The van der Waals surface area contributed by atoms with Crippen LogP contribution in [0.5, 0.6) is 0 Å². The molecular formula is C17H25N3. The van der Waals surface area contributed by atoms with Crippen LogP contribution < -0.4 is 5.73 Å². The van der Waals surface area contributed by atoms with E-state index in [1.165, 1.54) is 11.1 Å². The summed E-state index contributed by atoms with van der Waals surface area (Å²) in [4.78, 5) is 0. The lowest BCUT2D eigenvalue weighted by atomic mass is 9.86. The van der Waals surface area contributed by atoms with Crippen molar-refractivity contribution < 1.29 is 0 Å². The zero-order chi connectivity index (χ0) is 14.9. The normalized spacial score (nSPS) is 13.5. The molecule has 20 heavy (non-hydrogen) atoms. The van der Waals surface area contributed by atoms with Crippen molar-refractivity contribution in [3.8, 4) is 0 Å². The fourth-order valence-corrected chi connectivity index (χ4v) is 2.48. The average molecular weight is 271 g/mol. The molecule has 1 unspecified atom stereocenters. The molecule has 0 saturated carbocycles. The van der Waals surface area contributed by atoms with Crippen LogP contribution in [0.2, 0.25) is 0 Å². The van der Waals surface area contributed by atoms with Crippen molar-refractivity contribution in [1.29, 1.82) is 0 Å². The Morgan fingerprint density at radius 2 is 1.80 bits per heavy atom. The molecule has 0 saturated heterocycles. The van der Waals surface area contributed by atoms with Crippen molar-refractivity contribution in [2.75, 3.05) is 0 Å². The molecule has 0 radical (unpaired) electrons. The van der Waals surface area contributed by atoms with Gasteiger partial charge in [-0.05, 0) is 36.0 Å². The minimum atomic E-state index is -0.0123. The van der Waals surface area contributed by atoms with E-state index in [0.29, 0.717) is 0 Å². The number of aromatic nitrogens is 2. The molecule has 0 bridgehead atoms. The van der Waals surface area contributed by atoms with Crippen LogP contribution in [-0.2, 0) is 18.9 Å². The maximum absolute atomic E-state index is 6.30. The van der Waals surface area contributed by atoms with Gasteiger partial charge in [0.25, 0.3) is 0 Å². The Kier molecular flexibility index (Phi) is 4.00. The zero-order valence-electron chi connectivity index (χ0n) is 13.1. The molecular weight excluding hydrogens is 246 g/mol. The second-order valence-electron chi connectivity index (χ2n) is 6.59. The third kappa shape index (κ3) is 3.28. The Hall–Kier alpha value is -1.61. The molecule has 0 spiro atoms. The van der Waals surface area contributed by atoms with E-state index in [1.807, 2.05) is 18.7 Å². The SMILES string of the molecule is Cc1cc(C(N)Cc2ccc(C(C)(C)C)cc2)n(C)n1. The molecule has 0 fully saturated rings. The van der Waals surface area contributed by atoms with Crippen molar-refractivity contribution in [1.82, 2.24) is 9.78 Å². The fourth-order valence-electron chi connectivity index (χ4n) is 2.48. The molecule has 0 aliphatic carbocycles. The second kappa shape index (κ2) is 5.41. The highest BCUT2D eigenvalue weighted by Gasteiger charge is 2.15. The van der Waals surface area contributed by atoms with Gasteiger partial charge in [-0.15, -0.1) is 0 Å². The van der Waals surface area contributed by atoms with E-state index in [-0.39, 0.29) is 11.5 Å². The summed E-state index contributed by atoms with van der Waals surface area (Å²) in [6, 6.07) is 10.8. The Labute approximate surface area is 121 Å². The van der Waals surface area contributed by atoms with Crippen LogP contribution >= 0.6 is 0 Å². The predicted molar refractivity (Wildman–Crippen MR) is 83.7 cm³/mol. The third-order valence-corrected chi connectivity index (χ3v) is 3.69. The van der Waals surface area contributed by atoms with E-state index in [0.717, 1.165) is 17.8 Å². The summed E-state index contributed by atoms with van der Waals surface area (Å²) in [5, 5.41) is 4.36. The summed E-state index contributed by atoms with van der Waals surface area (Å²) in [7, 11) is 1.95. The first-order chi connectivity index (χ1) is 9.27. The van der Waals surface area contributed by atoms with Crippen molar-refractivity contribution in [3.05, 3.63) is 52.8 Å². The van der Waals surface area contributed by atoms with Crippen molar-refractivity contribution in [2.24, 2.45) is 12.8 Å². The van der Waals surface area contributed by atoms with Crippen LogP contribution in [-0.4, -0.2) is 9.78 Å². The largest absolute Gasteiger partial charge is 0.322 e. The van der Waals surface area contributed by atoms with Gasteiger partial charge in [-0.3, -0.25) is 4.68 Å². The first-order valence-electron chi connectivity index (χ1n) is 7.13. The molecule has 3 heteroatoms. The Morgan fingerprint density at radius 1 is 1.20 bits per heavy atom. The number of rotatable bonds is 3. The Morgan fingerprint density at radius 3 is 2.25 bits per heavy atom. The summed E-state index contributed by atoms with van der Waals surface area (Å²) in [6.45, 7) is 8.68. The number of hydrogen-bond acceptors (Lipinski definition) is 2. The maximum Gasteiger partial charge on any atom is 0.0597 e. The molecule has 2 rings (SSSR count). The molecule has 1 heterocycles. The zero-order valence-corrected chi connectivity index (χ0v) is 13.1. The molecule has 0 aliphatic rings. The number of hydrogen-bond donors (Lipinski definition) is 1. The maximum atomic E-state index is 6.30. The first-order valence-corrected chi connectivity index (χ1v) is 7.13. The van der Waals surface area contributed by atoms with Crippen molar-refractivity contribution in [3.63, 3.8) is 0 Å². The Balaban J connectivity index is 2.12. The lowest BCUT2D eigenvalue weighted by Crippen LogP contribution is -2.17. The highest BCUT2D eigenvalue weighted by molar-refractivity contribution is 5.28. The van der Waals surface area contributed by atoms with Gasteiger partial charge < -0.3 is 5.73 Å². The molecule has 3 nitrogen and oxygen atoms in total.